The number of rotatable bonds is 10. The van der Waals surface area contributed by atoms with Crippen LogP contribution in [0.15, 0.2) is 102 Å². The van der Waals surface area contributed by atoms with E-state index in [-0.39, 0.29) is 30.8 Å². The molecular weight excluding hydrogens is 546 g/mol. The SMILES string of the molecule is CCNC(=O)NCc1ccccc1-c1ccc([C@H]2O[C@@H](CSc3ccccn3)[C@@H](C)[C@@H](c3ccc(CO)cc3)O2)cc1. The van der Waals surface area contributed by atoms with Gasteiger partial charge in [0.25, 0.3) is 0 Å². The van der Waals surface area contributed by atoms with Crippen LogP contribution in [0.25, 0.3) is 11.1 Å². The normalized spacial score (nSPS) is 20.2. The van der Waals surface area contributed by atoms with E-state index in [0.717, 1.165) is 44.2 Å². The number of urea groups is 1. The van der Waals surface area contributed by atoms with E-state index in [0.29, 0.717) is 13.1 Å². The fourth-order valence-electron chi connectivity index (χ4n) is 5.08. The number of aromatic nitrogens is 1. The van der Waals surface area contributed by atoms with Crippen LogP contribution in [0.2, 0.25) is 0 Å². The number of nitrogens with zero attached hydrogens (tertiary/aromatic N) is 1. The zero-order valence-corrected chi connectivity index (χ0v) is 24.7. The predicted octanol–water partition coefficient (Wildman–Crippen LogP) is 6.64. The Labute approximate surface area is 251 Å². The van der Waals surface area contributed by atoms with Crippen LogP contribution in [0, 0.1) is 5.92 Å². The van der Waals surface area contributed by atoms with Crippen molar-refractivity contribution in [3.8, 4) is 11.1 Å². The van der Waals surface area contributed by atoms with Crippen LogP contribution in [0.5, 0.6) is 0 Å². The largest absolute Gasteiger partial charge is 0.392 e. The highest BCUT2D eigenvalue weighted by atomic mass is 32.2. The summed E-state index contributed by atoms with van der Waals surface area (Å²) in [5.41, 5.74) is 6.02. The molecule has 5 rings (SSSR count). The second kappa shape index (κ2) is 14.5. The van der Waals surface area contributed by atoms with Crippen LogP contribution >= 0.6 is 11.8 Å². The summed E-state index contributed by atoms with van der Waals surface area (Å²) in [4.78, 5) is 16.4. The third kappa shape index (κ3) is 7.38. The van der Waals surface area contributed by atoms with Gasteiger partial charge in [-0.3, -0.25) is 0 Å². The Morgan fingerprint density at radius 3 is 2.36 bits per heavy atom. The summed E-state index contributed by atoms with van der Waals surface area (Å²) in [6.45, 7) is 5.08. The van der Waals surface area contributed by atoms with Crippen LogP contribution in [0.3, 0.4) is 0 Å². The van der Waals surface area contributed by atoms with Crippen LogP contribution in [0.1, 0.15) is 48.5 Å². The molecule has 2 heterocycles. The number of thioether (sulfide) groups is 1. The minimum Gasteiger partial charge on any atom is -0.392 e. The van der Waals surface area contributed by atoms with Gasteiger partial charge >= 0.3 is 6.03 Å². The fraction of sp³-hybridized carbons (Fsp3) is 0.294. The number of nitrogens with one attached hydrogen (secondary N) is 2. The maximum absolute atomic E-state index is 12.0. The van der Waals surface area contributed by atoms with Gasteiger partial charge in [-0.25, -0.2) is 9.78 Å². The zero-order valence-electron chi connectivity index (χ0n) is 23.9. The Kier molecular flexibility index (Phi) is 10.3. The number of hydrogen-bond acceptors (Lipinski definition) is 6. The van der Waals surface area contributed by atoms with Crippen molar-refractivity contribution >= 4 is 17.8 Å². The lowest BCUT2D eigenvalue weighted by molar-refractivity contribution is -0.268. The van der Waals surface area contributed by atoms with Gasteiger partial charge in [0.05, 0.1) is 23.8 Å². The third-order valence-corrected chi connectivity index (χ3v) is 8.48. The highest BCUT2D eigenvalue weighted by molar-refractivity contribution is 7.99. The van der Waals surface area contributed by atoms with Gasteiger partial charge in [0, 0.05) is 36.5 Å². The molecule has 1 aliphatic rings. The molecule has 218 valence electrons. The molecule has 0 unspecified atom stereocenters. The van der Waals surface area contributed by atoms with Crippen LogP contribution in [0.4, 0.5) is 4.79 Å². The predicted molar refractivity (Wildman–Crippen MR) is 166 cm³/mol. The lowest BCUT2D eigenvalue weighted by Gasteiger charge is -2.41. The monoisotopic (exact) mass is 583 g/mol. The van der Waals surface area contributed by atoms with Gasteiger partial charge in [-0.15, -0.1) is 11.8 Å². The molecule has 1 saturated heterocycles. The van der Waals surface area contributed by atoms with Crippen molar-refractivity contribution < 1.29 is 19.4 Å². The number of aliphatic hydroxyl groups excluding tert-OH is 1. The summed E-state index contributed by atoms with van der Waals surface area (Å²) in [5.74, 6) is 0.842. The van der Waals surface area contributed by atoms with Crippen molar-refractivity contribution in [1.29, 1.82) is 0 Å². The van der Waals surface area contributed by atoms with Crippen molar-refractivity contribution in [2.45, 2.75) is 50.5 Å². The summed E-state index contributed by atoms with van der Waals surface area (Å²) in [6, 6.07) is 30.0. The van der Waals surface area contributed by atoms with E-state index >= 15 is 0 Å². The molecule has 8 heteroatoms. The second-order valence-electron chi connectivity index (χ2n) is 10.3. The highest BCUT2D eigenvalue weighted by Crippen LogP contribution is 2.43. The Bertz CT molecular complexity index is 1430. The summed E-state index contributed by atoms with van der Waals surface area (Å²) in [7, 11) is 0. The van der Waals surface area contributed by atoms with Gasteiger partial charge in [0.1, 0.15) is 0 Å². The van der Waals surface area contributed by atoms with Gasteiger partial charge in [-0.05, 0) is 46.9 Å². The van der Waals surface area contributed by atoms with Crippen molar-refractivity contribution in [1.82, 2.24) is 15.6 Å². The van der Waals surface area contributed by atoms with E-state index in [1.54, 1.807) is 18.0 Å². The molecule has 42 heavy (non-hydrogen) atoms. The van der Waals surface area contributed by atoms with Gasteiger partial charge in [0.2, 0.25) is 0 Å². The Hall–Kier alpha value is -3.69. The molecule has 3 aromatic carbocycles. The summed E-state index contributed by atoms with van der Waals surface area (Å²) >= 11 is 1.68. The first-order chi connectivity index (χ1) is 20.6. The first kappa shape index (κ1) is 29.8. The molecular formula is C34H37N3O4S. The molecule has 0 aliphatic carbocycles. The zero-order chi connectivity index (χ0) is 29.3. The maximum Gasteiger partial charge on any atom is 0.315 e. The van der Waals surface area contributed by atoms with E-state index in [1.807, 2.05) is 67.6 Å². The molecule has 4 atom stereocenters. The Morgan fingerprint density at radius 1 is 0.905 bits per heavy atom. The number of ether oxygens (including phenoxy) is 2. The minimum absolute atomic E-state index is 0.00785. The van der Waals surface area contributed by atoms with E-state index in [4.69, 9.17) is 9.47 Å². The van der Waals surface area contributed by atoms with E-state index in [9.17, 15) is 9.90 Å². The highest BCUT2D eigenvalue weighted by Gasteiger charge is 2.38. The first-order valence-electron chi connectivity index (χ1n) is 14.3. The summed E-state index contributed by atoms with van der Waals surface area (Å²) in [6.07, 6.45) is 1.02. The number of aliphatic hydroxyl groups is 1. The molecule has 0 spiro atoms. The average Bonchev–Trinajstić information content (AvgIpc) is 3.04. The number of amides is 2. The number of carbonyl (C=O) groups excluding carboxylic acids is 1. The van der Waals surface area contributed by atoms with Crippen molar-refractivity contribution in [3.63, 3.8) is 0 Å². The summed E-state index contributed by atoms with van der Waals surface area (Å²) < 4.78 is 13.2. The number of pyridine rings is 1. The maximum atomic E-state index is 12.0. The van der Waals surface area contributed by atoms with Crippen LogP contribution in [-0.4, -0.2) is 34.5 Å². The first-order valence-corrected chi connectivity index (χ1v) is 15.3. The van der Waals surface area contributed by atoms with E-state index in [2.05, 4.69) is 52.9 Å². The molecule has 0 saturated carbocycles. The molecule has 1 aliphatic heterocycles. The molecule has 1 aromatic heterocycles. The Morgan fingerprint density at radius 2 is 1.64 bits per heavy atom. The molecule has 2 amide bonds. The van der Waals surface area contributed by atoms with Gasteiger partial charge in [-0.1, -0.05) is 85.8 Å². The quantitative estimate of drug-likeness (QED) is 0.181. The number of carbonyl (C=O) groups is 1. The van der Waals surface area contributed by atoms with E-state index in [1.165, 1.54) is 0 Å². The molecule has 1 fully saturated rings. The number of benzene rings is 3. The van der Waals surface area contributed by atoms with E-state index < -0.39 is 6.29 Å². The Balaban J connectivity index is 1.36. The summed E-state index contributed by atoms with van der Waals surface area (Å²) in [5, 5.41) is 16.2. The van der Waals surface area contributed by atoms with Crippen molar-refractivity contribution in [3.05, 3.63) is 119 Å². The molecule has 3 N–H and O–H groups in total. The van der Waals surface area contributed by atoms with Gasteiger partial charge in [0.15, 0.2) is 6.29 Å². The average molecular weight is 584 g/mol. The van der Waals surface area contributed by atoms with Crippen LogP contribution < -0.4 is 10.6 Å². The van der Waals surface area contributed by atoms with Crippen molar-refractivity contribution in [2.24, 2.45) is 5.92 Å². The standard InChI is InChI=1S/C34H37N3O4S/c1-3-35-34(39)37-20-28-8-4-5-9-29(28)25-15-17-27(18-16-25)33-40-30(22-42-31-10-6-7-19-36-31)23(2)32(41-33)26-13-11-24(21-38)12-14-26/h4-19,23,30,32-33,38H,3,20-22H2,1-2H3,(H2,35,37,39)/t23-,30+,32+,33+/m1/s1. The third-order valence-electron chi connectivity index (χ3n) is 7.44. The number of hydrogen-bond donors (Lipinski definition) is 3. The molecule has 0 bridgehead atoms. The van der Waals surface area contributed by atoms with Crippen molar-refractivity contribution in [2.75, 3.05) is 12.3 Å². The fourth-order valence-corrected chi connectivity index (χ4v) is 6.11. The van der Waals surface area contributed by atoms with Gasteiger partial charge < -0.3 is 25.2 Å². The molecule has 7 nitrogen and oxygen atoms in total. The molecule has 0 radical (unpaired) electrons. The lowest BCUT2D eigenvalue weighted by Crippen LogP contribution is -2.38. The topological polar surface area (TPSA) is 92.7 Å². The molecule has 4 aromatic rings. The minimum atomic E-state index is -0.540. The smallest absolute Gasteiger partial charge is 0.315 e. The van der Waals surface area contributed by atoms with Gasteiger partial charge in [-0.2, -0.15) is 0 Å². The second-order valence-corrected chi connectivity index (χ2v) is 11.3. The van der Waals surface area contributed by atoms with Crippen LogP contribution in [-0.2, 0) is 22.6 Å². The lowest BCUT2D eigenvalue weighted by atomic mass is 9.91.